The van der Waals surface area contributed by atoms with Gasteiger partial charge in [-0.1, -0.05) is 36.2 Å². The fourth-order valence-corrected chi connectivity index (χ4v) is 4.97. The summed E-state index contributed by atoms with van der Waals surface area (Å²) in [6.45, 7) is 9.18. The quantitative estimate of drug-likeness (QED) is 0.652. The molecule has 0 bridgehead atoms. The SMILES string of the molecule is Clc1ccccc1CN1CC2C(COCCCN3CCCCC3)C2C1. The molecule has 3 nitrogen and oxygen atoms in total. The molecule has 0 aromatic heterocycles. The average molecular weight is 363 g/mol. The van der Waals surface area contributed by atoms with Crippen LogP contribution in [-0.2, 0) is 11.3 Å². The highest BCUT2D eigenvalue weighted by Gasteiger charge is 2.55. The van der Waals surface area contributed by atoms with Crippen molar-refractivity contribution < 1.29 is 4.74 Å². The summed E-state index contributed by atoms with van der Waals surface area (Å²) in [7, 11) is 0. The van der Waals surface area contributed by atoms with Gasteiger partial charge in [-0.3, -0.25) is 4.90 Å². The molecule has 3 fully saturated rings. The maximum Gasteiger partial charge on any atom is 0.0500 e. The predicted octanol–water partition coefficient (Wildman–Crippen LogP) is 3.91. The highest BCUT2D eigenvalue weighted by Crippen LogP contribution is 2.52. The number of hydrogen-bond donors (Lipinski definition) is 0. The van der Waals surface area contributed by atoms with Crippen LogP contribution in [0.25, 0.3) is 0 Å². The number of hydrogen-bond acceptors (Lipinski definition) is 3. The van der Waals surface area contributed by atoms with Crippen LogP contribution in [0, 0.1) is 17.8 Å². The maximum atomic E-state index is 6.28. The van der Waals surface area contributed by atoms with Crippen LogP contribution in [0.5, 0.6) is 0 Å². The van der Waals surface area contributed by atoms with Gasteiger partial charge in [0.15, 0.2) is 0 Å². The Morgan fingerprint density at radius 2 is 1.76 bits per heavy atom. The van der Waals surface area contributed by atoms with Crippen LogP contribution in [0.4, 0.5) is 0 Å². The Morgan fingerprint density at radius 1 is 1.00 bits per heavy atom. The van der Waals surface area contributed by atoms with Gasteiger partial charge in [-0.25, -0.2) is 0 Å². The first-order valence-electron chi connectivity index (χ1n) is 10.1. The van der Waals surface area contributed by atoms with Gasteiger partial charge in [0, 0.05) is 37.8 Å². The molecule has 4 rings (SSSR count). The molecule has 2 heterocycles. The van der Waals surface area contributed by atoms with E-state index in [-0.39, 0.29) is 0 Å². The van der Waals surface area contributed by atoms with Gasteiger partial charge in [-0.2, -0.15) is 0 Å². The molecular formula is C21H31ClN2O. The number of halogens is 1. The van der Waals surface area contributed by atoms with Crippen LogP contribution >= 0.6 is 11.6 Å². The van der Waals surface area contributed by atoms with Crippen molar-refractivity contribution in [2.45, 2.75) is 32.2 Å². The van der Waals surface area contributed by atoms with Crippen LogP contribution in [0.2, 0.25) is 5.02 Å². The standard InChI is InChI=1S/C21H31ClN2O/c22-21-8-3-2-7-17(21)13-24-14-18-19(15-24)20(18)16-25-12-6-11-23-9-4-1-5-10-23/h2-3,7-8,18-20H,1,4-6,9-16H2. The molecular weight excluding hydrogens is 332 g/mol. The van der Waals surface area contributed by atoms with E-state index in [1.807, 2.05) is 12.1 Å². The minimum absolute atomic E-state index is 0.817. The van der Waals surface area contributed by atoms with Crippen molar-refractivity contribution in [3.8, 4) is 0 Å². The first kappa shape index (κ1) is 17.8. The molecule has 1 aliphatic carbocycles. The lowest BCUT2D eigenvalue weighted by atomic mass is 10.1. The first-order chi connectivity index (χ1) is 12.3. The lowest BCUT2D eigenvalue weighted by molar-refractivity contribution is 0.0967. The van der Waals surface area contributed by atoms with Crippen LogP contribution in [0.15, 0.2) is 24.3 Å². The fraction of sp³-hybridized carbons (Fsp3) is 0.714. The second-order valence-corrected chi connectivity index (χ2v) is 8.52. The molecule has 0 spiro atoms. The molecule has 1 aromatic rings. The number of nitrogens with zero attached hydrogens (tertiary/aromatic N) is 2. The van der Waals surface area contributed by atoms with Gasteiger partial charge in [-0.15, -0.1) is 0 Å². The summed E-state index contributed by atoms with van der Waals surface area (Å²) in [6, 6.07) is 8.23. The van der Waals surface area contributed by atoms with Crippen LogP contribution in [0.1, 0.15) is 31.2 Å². The van der Waals surface area contributed by atoms with Gasteiger partial charge in [0.2, 0.25) is 0 Å². The van der Waals surface area contributed by atoms with Crippen molar-refractivity contribution in [1.29, 1.82) is 0 Å². The third kappa shape index (κ3) is 4.57. The molecule has 0 radical (unpaired) electrons. The number of benzene rings is 1. The Balaban J connectivity index is 1.08. The fourth-order valence-electron chi connectivity index (χ4n) is 4.77. The summed E-state index contributed by atoms with van der Waals surface area (Å²) < 4.78 is 5.99. The molecule has 3 aliphatic rings. The Morgan fingerprint density at radius 3 is 2.52 bits per heavy atom. The lowest BCUT2D eigenvalue weighted by Crippen LogP contribution is -2.31. The van der Waals surface area contributed by atoms with E-state index < -0.39 is 0 Å². The van der Waals surface area contributed by atoms with Crippen LogP contribution in [-0.4, -0.2) is 55.7 Å². The Kier molecular flexibility index (Phi) is 5.97. The Labute approximate surface area is 157 Å². The smallest absolute Gasteiger partial charge is 0.0500 e. The van der Waals surface area contributed by atoms with Gasteiger partial charge >= 0.3 is 0 Å². The van der Waals surface area contributed by atoms with Crippen molar-refractivity contribution >= 4 is 11.6 Å². The van der Waals surface area contributed by atoms with Gasteiger partial charge < -0.3 is 9.64 Å². The lowest BCUT2D eigenvalue weighted by Gasteiger charge is -2.26. The van der Waals surface area contributed by atoms with E-state index in [2.05, 4.69) is 21.9 Å². The summed E-state index contributed by atoms with van der Waals surface area (Å²) in [6.07, 6.45) is 5.39. The monoisotopic (exact) mass is 362 g/mol. The molecule has 2 aliphatic heterocycles. The minimum atomic E-state index is 0.817. The third-order valence-electron chi connectivity index (χ3n) is 6.32. The zero-order valence-electron chi connectivity index (χ0n) is 15.2. The number of ether oxygens (including phenoxy) is 1. The van der Waals surface area contributed by atoms with Crippen molar-refractivity contribution in [3.05, 3.63) is 34.9 Å². The van der Waals surface area contributed by atoms with E-state index in [0.29, 0.717) is 0 Å². The summed E-state index contributed by atoms with van der Waals surface area (Å²) in [5, 5.41) is 0.900. The summed E-state index contributed by atoms with van der Waals surface area (Å²) >= 11 is 6.28. The second-order valence-electron chi connectivity index (χ2n) is 8.11. The van der Waals surface area contributed by atoms with E-state index in [1.54, 1.807) is 0 Å². The van der Waals surface area contributed by atoms with E-state index in [0.717, 1.165) is 42.5 Å². The predicted molar refractivity (Wildman–Crippen MR) is 103 cm³/mol. The third-order valence-corrected chi connectivity index (χ3v) is 6.69. The number of rotatable bonds is 8. The normalized spacial score (nSPS) is 29.7. The van der Waals surface area contributed by atoms with Crippen molar-refractivity contribution in [3.63, 3.8) is 0 Å². The van der Waals surface area contributed by atoms with Crippen molar-refractivity contribution in [2.75, 3.05) is 45.9 Å². The van der Waals surface area contributed by atoms with Gasteiger partial charge in [0.25, 0.3) is 0 Å². The topological polar surface area (TPSA) is 15.7 Å². The highest BCUT2D eigenvalue weighted by molar-refractivity contribution is 6.31. The van der Waals surface area contributed by atoms with Gasteiger partial charge in [0.1, 0.15) is 0 Å². The first-order valence-corrected chi connectivity index (χ1v) is 10.4. The molecule has 2 atom stereocenters. The molecule has 0 amide bonds. The van der Waals surface area contributed by atoms with E-state index in [4.69, 9.17) is 16.3 Å². The van der Waals surface area contributed by atoms with Crippen LogP contribution in [0.3, 0.4) is 0 Å². The zero-order valence-corrected chi connectivity index (χ0v) is 16.0. The number of piperidine rings is 2. The van der Waals surface area contributed by atoms with Crippen LogP contribution < -0.4 is 0 Å². The largest absolute Gasteiger partial charge is 0.381 e. The average Bonchev–Trinajstić information content (AvgIpc) is 3.09. The molecule has 2 unspecified atom stereocenters. The molecule has 2 saturated heterocycles. The minimum Gasteiger partial charge on any atom is -0.381 e. The molecule has 4 heteroatoms. The molecule has 1 aromatic carbocycles. The molecule has 25 heavy (non-hydrogen) atoms. The summed E-state index contributed by atoms with van der Waals surface area (Å²) in [5.41, 5.74) is 1.26. The molecule has 0 N–H and O–H groups in total. The van der Waals surface area contributed by atoms with Crippen molar-refractivity contribution in [1.82, 2.24) is 9.80 Å². The van der Waals surface area contributed by atoms with E-state index in [9.17, 15) is 0 Å². The van der Waals surface area contributed by atoms with E-state index in [1.165, 1.54) is 64.0 Å². The number of fused-ring (bicyclic) bond motifs is 1. The van der Waals surface area contributed by atoms with E-state index >= 15 is 0 Å². The van der Waals surface area contributed by atoms with Gasteiger partial charge in [0.05, 0.1) is 6.61 Å². The zero-order chi connectivity index (χ0) is 17.1. The number of likely N-dealkylation sites (tertiary alicyclic amines) is 2. The maximum absolute atomic E-state index is 6.28. The van der Waals surface area contributed by atoms with Crippen molar-refractivity contribution in [2.24, 2.45) is 17.8 Å². The molecule has 1 saturated carbocycles. The molecule has 138 valence electrons. The Bertz CT molecular complexity index is 549. The summed E-state index contributed by atoms with van der Waals surface area (Å²) in [4.78, 5) is 5.16. The summed E-state index contributed by atoms with van der Waals surface area (Å²) in [5.74, 6) is 2.55. The highest BCUT2D eigenvalue weighted by atomic mass is 35.5. The second kappa shape index (κ2) is 8.39. The Hall–Kier alpha value is -0.610. The van der Waals surface area contributed by atoms with Gasteiger partial charge in [-0.05, 0) is 61.7 Å².